The van der Waals surface area contributed by atoms with Gasteiger partial charge in [-0.3, -0.25) is 14.5 Å². The van der Waals surface area contributed by atoms with E-state index in [2.05, 4.69) is 20.4 Å². The SMILES string of the molecule is CC(c1ccc(C(F)(F)F)cc1C(F)(F)F)n1cc(CNC(=O)c2cnc(-c3ccccn3)s2)cn1. The van der Waals surface area contributed by atoms with Gasteiger partial charge in [0.2, 0.25) is 0 Å². The van der Waals surface area contributed by atoms with Crippen molar-refractivity contribution in [1.82, 2.24) is 25.1 Å². The standard InChI is InChI=1S/C23H17F6N5OS/c1-13(16-6-5-15(22(24,25)26)8-17(16)23(27,28)29)34-12-14(10-33-34)9-31-20(35)19-11-32-21(36-19)18-4-2-3-7-30-18/h2-8,10-13H,9H2,1H3,(H,31,35). The van der Waals surface area contributed by atoms with E-state index in [1.807, 2.05) is 0 Å². The number of pyridine rings is 1. The lowest BCUT2D eigenvalue weighted by Crippen LogP contribution is -2.21. The lowest BCUT2D eigenvalue weighted by molar-refractivity contribution is -0.143. The van der Waals surface area contributed by atoms with Gasteiger partial charge < -0.3 is 5.32 Å². The molecule has 1 aromatic carbocycles. The molecule has 0 radical (unpaired) electrons. The quantitative estimate of drug-likeness (QED) is 0.315. The lowest BCUT2D eigenvalue weighted by atomic mass is 9.98. The van der Waals surface area contributed by atoms with Crippen LogP contribution in [0.15, 0.2) is 61.2 Å². The Bertz CT molecular complexity index is 1360. The number of thiazole rings is 1. The van der Waals surface area contributed by atoms with Crippen LogP contribution in [0.3, 0.4) is 0 Å². The number of nitrogens with one attached hydrogen (secondary N) is 1. The Morgan fingerprint density at radius 3 is 2.50 bits per heavy atom. The van der Waals surface area contributed by atoms with Crippen molar-refractivity contribution in [1.29, 1.82) is 0 Å². The molecule has 4 rings (SSSR count). The number of nitrogens with zero attached hydrogens (tertiary/aromatic N) is 4. The Kier molecular flexibility index (Phi) is 6.85. The van der Waals surface area contributed by atoms with E-state index in [0.717, 1.165) is 17.4 Å². The number of carbonyl (C=O) groups is 1. The highest BCUT2D eigenvalue weighted by atomic mass is 32.1. The summed E-state index contributed by atoms with van der Waals surface area (Å²) in [7, 11) is 0. The van der Waals surface area contributed by atoms with Gasteiger partial charge in [0, 0.05) is 24.5 Å². The van der Waals surface area contributed by atoms with E-state index in [-0.39, 0.29) is 18.2 Å². The van der Waals surface area contributed by atoms with Gasteiger partial charge in [-0.05, 0) is 36.8 Å². The Morgan fingerprint density at radius 1 is 1.06 bits per heavy atom. The predicted molar refractivity (Wildman–Crippen MR) is 119 cm³/mol. The normalized spacial score (nSPS) is 13.0. The first-order valence-electron chi connectivity index (χ1n) is 10.4. The van der Waals surface area contributed by atoms with Crippen molar-refractivity contribution in [3.05, 3.63) is 88.3 Å². The van der Waals surface area contributed by atoms with Gasteiger partial charge in [0.1, 0.15) is 9.88 Å². The van der Waals surface area contributed by atoms with E-state index < -0.39 is 35.4 Å². The fraction of sp³-hybridized carbons (Fsp3) is 0.217. The molecule has 0 bridgehead atoms. The first-order valence-corrected chi connectivity index (χ1v) is 11.2. The molecule has 0 aliphatic heterocycles. The highest BCUT2D eigenvalue weighted by Gasteiger charge is 2.39. The highest BCUT2D eigenvalue weighted by Crippen LogP contribution is 2.39. The second-order valence-electron chi connectivity index (χ2n) is 7.73. The number of amides is 1. The summed E-state index contributed by atoms with van der Waals surface area (Å²) in [5.41, 5.74) is -2.02. The first kappa shape index (κ1) is 25.4. The second-order valence-corrected chi connectivity index (χ2v) is 8.76. The monoisotopic (exact) mass is 525 g/mol. The van der Waals surface area contributed by atoms with Gasteiger partial charge in [0.25, 0.3) is 5.91 Å². The van der Waals surface area contributed by atoms with E-state index in [9.17, 15) is 31.1 Å². The van der Waals surface area contributed by atoms with Gasteiger partial charge in [-0.1, -0.05) is 12.1 Å². The van der Waals surface area contributed by atoms with Crippen LogP contribution in [0.4, 0.5) is 26.3 Å². The summed E-state index contributed by atoms with van der Waals surface area (Å²) in [6, 6.07) is 5.82. The van der Waals surface area contributed by atoms with Crippen molar-refractivity contribution in [2.45, 2.75) is 31.9 Å². The number of halogens is 6. The summed E-state index contributed by atoms with van der Waals surface area (Å²) in [6.07, 6.45) is -4.09. The number of rotatable bonds is 6. The molecule has 36 heavy (non-hydrogen) atoms. The molecule has 3 heterocycles. The molecule has 1 atom stereocenters. The van der Waals surface area contributed by atoms with Crippen LogP contribution in [0.25, 0.3) is 10.7 Å². The molecule has 0 aliphatic carbocycles. The fourth-order valence-corrected chi connectivity index (χ4v) is 4.23. The number of benzene rings is 1. The molecule has 3 aromatic heterocycles. The highest BCUT2D eigenvalue weighted by molar-refractivity contribution is 7.16. The molecule has 1 amide bonds. The molecule has 0 saturated carbocycles. The van der Waals surface area contributed by atoms with E-state index in [1.54, 1.807) is 24.4 Å². The molecule has 4 aromatic rings. The van der Waals surface area contributed by atoms with Gasteiger partial charge in [-0.2, -0.15) is 31.4 Å². The average Bonchev–Trinajstić information content (AvgIpc) is 3.51. The zero-order chi connectivity index (χ0) is 26.1. The topological polar surface area (TPSA) is 72.7 Å². The summed E-state index contributed by atoms with van der Waals surface area (Å²) in [4.78, 5) is 21.2. The first-order chi connectivity index (χ1) is 16.9. The Hall–Kier alpha value is -3.74. The van der Waals surface area contributed by atoms with Crippen molar-refractivity contribution < 1.29 is 31.1 Å². The number of hydrogen-bond donors (Lipinski definition) is 1. The molecular weight excluding hydrogens is 508 g/mol. The average molecular weight is 525 g/mol. The Labute approximate surface area is 204 Å². The van der Waals surface area contributed by atoms with E-state index >= 15 is 0 Å². The van der Waals surface area contributed by atoms with E-state index in [0.29, 0.717) is 27.2 Å². The van der Waals surface area contributed by atoms with Crippen LogP contribution in [0.1, 0.15) is 44.9 Å². The van der Waals surface area contributed by atoms with Gasteiger partial charge >= 0.3 is 12.4 Å². The predicted octanol–water partition coefficient (Wildman–Crippen LogP) is 5.98. The van der Waals surface area contributed by atoms with Crippen molar-refractivity contribution in [3.63, 3.8) is 0 Å². The molecular formula is C23H17F6N5OS. The number of hydrogen-bond acceptors (Lipinski definition) is 5. The maximum absolute atomic E-state index is 13.5. The summed E-state index contributed by atoms with van der Waals surface area (Å²) in [6.45, 7) is 1.42. The third-order valence-corrected chi connectivity index (χ3v) is 6.27. The Morgan fingerprint density at radius 2 is 1.83 bits per heavy atom. The van der Waals surface area contributed by atoms with E-state index in [1.165, 1.54) is 30.2 Å². The zero-order valence-electron chi connectivity index (χ0n) is 18.4. The third kappa shape index (κ3) is 5.56. The van der Waals surface area contributed by atoms with Gasteiger partial charge in [-0.25, -0.2) is 4.98 Å². The lowest BCUT2D eigenvalue weighted by Gasteiger charge is -2.20. The number of aromatic nitrogens is 4. The van der Waals surface area contributed by atoms with Crippen LogP contribution in [0.5, 0.6) is 0 Å². The Balaban J connectivity index is 1.47. The fourth-order valence-electron chi connectivity index (χ4n) is 3.42. The molecule has 0 aliphatic rings. The second kappa shape index (κ2) is 9.72. The summed E-state index contributed by atoms with van der Waals surface area (Å²) in [5.74, 6) is -0.405. The van der Waals surface area contributed by atoms with Crippen molar-refractivity contribution in [2.75, 3.05) is 0 Å². The van der Waals surface area contributed by atoms with Crippen molar-refractivity contribution in [3.8, 4) is 10.7 Å². The molecule has 0 spiro atoms. The smallest absolute Gasteiger partial charge is 0.347 e. The largest absolute Gasteiger partial charge is 0.416 e. The number of carbonyl (C=O) groups excluding carboxylic acids is 1. The van der Waals surface area contributed by atoms with Crippen LogP contribution in [0.2, 0.25) is 0 Å². The molecule has 188 valence electrons. The zero-order valence-corrected chi connectivity index (χ0v) is 19.2. The van der Waals surface area contributed by atoms with Crippen LogP contribution < -0.4 is 5.32 Å². The molecule has 0 fully saturated rings. The van der Waals surface area contributed by atoms with Crippen LogP contribution >= 0.6 is 11.3 Å². The maximum Gasteiger partial charge on any atom is 0.416 e. The summed E-state index contributed by atoms with van der Waals surface area (Å²) >= 11 is 1.15. The molecule has 1 unspecified atom stereocenters. The summed E-state index contributed by atoms with van der Waals surface area (Å²) in [5, 5.41) is 7.29. The molecule has 1 N–H and O–H groups in total. The van der Waals surface area contributed by atoms with Crippen molar-refractivity contribution in [2.24, 2.45) is 0 Å². The molecule has 13 heteroatoms. The van der Waals surface area contributed by atoms with Gasteiger partial charge in [0.15, 0.2) is 0 Å². The van der Waals surface area contributed by atoms with E-state index in [4.69, 9.17) is 0 Å². The molecule has 0 saturated heterocycles. The summed E-state index contributed by atoms with van der Waals surface area (Å²) < 4.78 is 80.6. The minimum absolute atomic E-state index is 0.0293. The molecule has 6 nitrogen and oxygen atoms in total. The number of alkyl halides is 6. The third-order valence-electron chi connectivity index (χ3n) is 5.25. The minimum Gasteiger partial charge on any atom is -0.347 e. The van der Waals surface area contributed by atoms with Gasteiger partial charge in [0.05, 0.1) is 35.3 Å². The van der Waals surface area contributed by atoms with Crippen molar-refractivity contribution >= 4 is 17.2 Å². The minimum atomic E-state index is -4.99. The maximum atomic E-state index is 13.5. The van der Waals surface area contributed by atoms with Crippen LogP contribution in [-0.4, -0.2) is 25.7 Å². The van der Waals surface area contributed by atoms with Crippen LogP contribution in [-0.2, 0) is 18.9 Å². The van der Waals surface area contributed by atoms with Crippen LogP contribution in [0, 0.1) is 0 Å². The van der Waals surface area contributed by atoms with Gasteiger partial charge in [-0.15, -0.1) is 11.3 Å².